The maximum atomic E-state index is 12.9. The van der Waals surface area contributed by atoms with Crippen LogP contribution in [0.2, 0.25) is 0 Å². The second-order valence-electron chi connectivity index (χ2n) is 6.26. The second kappa shape index (κ2) is 6.07. The Bertz CT molecular complexity index is 579. The molecule has 0 saturated heterocycles. The first-order valence-electron chi connectivity index (χ1n) is 7.66. The molecule has 7 heteroatoms. The van der Waals surface area contributed by atoms with E-state index in [0.717, 1.165) is 0 Å². The Balaban J connectivity index is 1.98. The zero-order valence-electron chi connectivity index (χ0n) is 12.7. The number of carbonyl (C=O) groups excluding carboxylic acids is 2. The number of aliphatic hydroxyl groups excluding tert-OH is 3. The molecular weight excluding hydrogens is 304 g/mol. The molecule has 3 aliphatic rings. The van der Waals surface area contributed by atoms with E-state index >= 15 is 0 Å². The summed E-state index contributed by atoms with van der Waals surface area (Å²) in [4.78, 5) is 24.8. The fourth-order valence-corrected chi connectivity index (χ4v) is 3.74. The van der Waals surface area contributed by atoms with Crippen LogP contribution < -0.4 is 0 Å². The van der Waals surface area contributed by atoms with Gasteiger partial charge < -0.3 is 24.8 Å². The molecule has 1 fully saturated rings. The van der Waals surface area contributed by atoms with Gasteiger partial charge in [0.05, 0.1) is 30.8 Å². The number of methoxy groups -OCH3 is 1. The summed E-state index contributed by atoms with van der Waals surface area (Å²) in [6, 6.07) is 0. The Labute approximate surface area is 133 Å². The molecule has 1 heterocycles. The van der Waals surface area contributed by atoms with Gasteiger partial charge >= 0.3 is 5.97 Å². The third-order valence-corrected chi connectivity index (χ3v) is 4.88. The van der Waals surface area contributed by atoms with E-state index in [1.54, 1.807) is 0 Å². The van der Waals surface area contributed by atoms with Crippen LogP contribution in [-0.4, -0.2) is 59.1 Å². The quantitative estimate of drug-likeness (QED) is 0.576. The van der Waals surface area contributed by atoms with Gasteiger partial charge in [-0.1, -0.05) is 6.08 Å². The summed E-state index contributed by atoms with van der Waals surface area (Å²) >= 11 is 0. The summed E-state index contributed by atoms with van der Waals surface area (Å²) < 4.78 is 10.5. The number of allylic oxidation sites excluding steroid dienone is 1. The smallest absolute Gasteiger partial charge is 0.316 e. The number of hydrogen-bond acceptors (Lipinski definition) is 7. The molecular formula is C16H20O7. The molecule has 126 valence electrons. The van der Waals surface area contributed by atoms with Crippen LogP contribution >= 0.6 is 0 Å². The largest absolute Gasteiger partial charge is 0.489 e. The summed E-state index contributed by atoms with van der Waals surface area (Å²) in [5, 5.41) is 29.6. The Morgan fingerprint density at radius 3 is 2.78 bits per heavy atom. The summed E-state index contributed by atoms with van der Waals surface area (Å²) in [5.74, 6) is -2.93. The molecule has 0 radical (unpaired) electrons. The standard InChI is InChI=1S/C16H20O7/c1-22-16(21)13-8(18)2-3-10-14(13)15(20)12-9(19)4-7(6-17)5-11(12)23-10/h2-3,7-9,11-13,17-19H,4-6H2,1H3. The Morgan fingerprint density at radius 2 is 2.13 bits per heavy atom. The number of hydrogen-bond donors (Lipinski definition) is 3. The van der Waals surface area contributed by atoms with Crippen LogP contribution in [0.15, 0.2) is 23.5 Å². The third kappa shape index (κ3) is 2.58. The van der Waals surface area contributed by atoms with Crippen molar-refractivity contribution < 1.29 is 34.4 Å². The van der Waals surface area contributed by atoms with Gasteiger partial charge in [0.15, 0.2) is 5.78 Å². The van der Waals surface area contributed by atoms with Gasteiger partial charge in [0.25, 0.3) is 0 Å². The first-order valence-corrected chi connectivity index (χ1v) is 7.66. The van der Waals surface area contributed by atoms with E-state index < -0.39 is 36.1 Å². The minimum absolute atomic E-state index is 0.0644. The number of aliphatic hydroxyl groups is 3. The van der Waals surface area contributed by atoms with Crippen LogP contribution in [0.1, 0.15) is 12.8 Å². The molecule has 1 aliphatic heterocycles. The summed E-state index contributed by atoms with van der Waals surface area (Å²) in [5.41, 5.74) is 0.0644. The fourth-order valence-electron chi connectivity index (χ4n) is 3.74. The highest BCUT2D eigenvalue weighted by atomic mass is 16.5. The number of ether oxygens (including phenoxy) is 2. The minimum Gasteiger partial charge on any atom is -0.489 e. The van der Waals surface area contributed by atoms with Gasteiger partial charge in [-0.3, -0.25) is 9.59 Å². The molecule has 0 amide bonds. The Hall–Kier alpha value is -1.70. The lowest BCUT2D eigenvalue weighted by Crippen LogP contribution is -2.52. The lowest BCUT2D eigenvalue weighted by Gasteiger charge is -2.43. The predicted molar refractivity (Wildman–Crippen MR) is 76.9 cm³/mol. The molecule has 0 aromatic carbocycles. The second-order valence-corrected chi connectivity index (χ2v) is 6.26. The van der Waals surface area contributed by atoms with Crippen molar-refractivity contribution >= 4 is 11.8 Å². The van der Waals surface area contributed by atoms with Crippen molar-refractivity contribution in [2.75, 3.05) is 13.7 Å². The van der Waals surface area contributed by atoms with Crippen molar-refractivity contribution in [3.05, 3.63) is 23.5 Å². The molecule has 6 atom stereocenters. The number of fused-ring (bicyclic) bond motifs is 1. The molecule has 0 spiro atoms. The number of rotatable bonds is 2. The normalized spacial score (nSPS) is 39.4. The van der Waals surface area contributed by atoms with E-state index in [4.69, 9.17) is 4.74 Å². The monoisotopic (exact) mass is 324 g/mol. The average Bonchev–Trinajstić information content (AvgIpc) is 2.54. The van der Waals surface area contributed by atoms with Gasteiger partial charge in [-0.2, -0.15) is 0 Å². The topological polar surface area (TPSA) is 113 Å². The van der Waals surface area contributed by atoms with E-state index in [1.807, 2.05) is 0 Å². The van der Waals surface area contributed by atoms with Crippen LogP contribution in [0, 0.1) is 17.8 Å². The van der Waals surface area contributed by atoms with Crippen molar-refractivity contribution in [2.24, 2.45) is 17.8 Å². The fraction of sp³-hybridized carbons (Fsp3) is 0.625. The van der Waals surface area contributed by atoms with E-state index in [2.05, 4.69) is 4.74 Å². The molecule has 3 N–H and O–H groups in total. The number of esters is 1. The lowest BCUT2D eigenvalue weighted by atomic mass is 9.70. The van der Waals surface area contributed by atoms with E-state index in [-0.39, 0.29) is 29.6 Å². The lowest BCUT2D eigenvalue weighted by molar-refractivity contribution is -0.152. The average molecular weight is 324 g/mol. The van der Waals surface area contributed by atoms with E-state index in [0.29, 0.717) is 12.8 Å². The molecule has 0 aromatic rings. The molecule has 6 unspecified atom stereocenters. The summed E-state index contributed by atoms with van der Waals surface area (Å²) in [7, 11) is 1.19. The SMILES string of the molecule is COC(=O)C1C2=C(C=CC1O)OC1CC(CO)CC(O)C1C2=O. The van der Waals surface area contributed by atoms with Crippen molar-refractivity contribution in [3.63, 3.8) is 0 Å². The molecule has 2 aliphatic carbocycles. The Morgan fingerprint density at radius 1 is 1.39 bits per heavy atom. The van der Waals surface area contributed by atoms with Crippen molar-refractivity contribution in [1.29, 1.82) is 0 Å². The van der Waals surface area contributed by atoms with Crippen molar-refractivity contribution in [1.82, 2.24) is 0 Å². The van der Waals surface area contributed by atoms with Crippen molar-refractivity contribution in [2.45, 2.75) is 31.2 Å². The number of ketones is 1. The molecule has 7 nitrogen and oxygen atoms in total. The zero-order valence-corrected chi connectivity index (χ0v) is 12.7. The minimum atomic E-state index is -1.17. The zero-order chi connectivity index (χ0) is 16.7. The highest BCUT2D eigenvalue weighted by Gasteiger charge is 2.51. The maximum Gasteiger partial charge on any atom is 0.316 e. The maximum absolute atomic E-state index is 12.9. The van der Waals surface area contributed by atoms with Gasteiger partial charge in [0.2, 0.25) is 0 Å². The van der Waals surface area contributed by atoms with Crippen LogP contribution in [0.5, 0.6) is 0 Å². The van der Waals surface area contributed by atoms with Gasteiger partial charge in [0.1, 0.15) is 17.8 Å². The molecule has 1 saturated carbocycles. The number of Topliss-reactive ketones (excluding diaryl/α,β-unsaturated/α-hetero) is 1. The van der Waals surface area contributed by atoms with E-state index in [9.17, 15) is 24.9 Å². The molecule has 0 bridgehead atoms. The van der Waals surface area contributed by atoms with Crippen LogP contribution in [0.25, 0.3) is 0 Å². The summed E-state index contributed by atoms with van der Waals surface area (Å²) in [6.45, 7) is -0.0803. The highest BCUT2D eigenvalue weighted by molar-refractivity contribution is 6.04. The third-order valence-electron chi connectivity index (χ3n) is 4.88. The van der Waals surface area contributed by atoms with Gasteiger partial charge in [-0.15, -0.1) is 0 Å². The van der Waals surface area contributed by atoms with Crippen LogP contribution in [-0.2, 0) is 19.1 Å². The molecule has 0 aromatic heterocycles. The predicted octanol–water partition coefficient (Wildman–Crippen LogP) is -0.692. The number of carbonyl (C=O) groups is 2. The van der Waals surface area contributed by atoms with Crippen molar-refractivity contribution in [3.8, 4) is 0 Å². The first-order chi connectivity index (χ1) is 11.0. The molecule has 23 heavy (non-hydrogen) atoms. The first kappa shape index (κ1) is 16.2. The van der Waals surface area contributed by atoms with Gasteiger partial charge in [0, 0.05) is 6.61 Å². The van der Waals surface area contributed by atoms with Gasteiger partial charge in [-0.25, -0.2) is 0 Å². The van der Waals surface area contributed by atoms with E-state index in [1.165, 1.54) is 19.3 Å². The molecule has 3 rings (SSSR count). The van der Waals surface area contributed by atoms with Gasteiger partial charge in [-0.05, 0) is 24.8 Å². The summed E-state index contributed by atoms with van der Waals surface area (Å²) in [6.07, 6.45) is 0.959. The van der Waals surface area contributed by atoms with Crippen LogP contribution in [0.3, 0.4) is 0 Å². The Kier molecular flexibility index (Phi) is 4.27. The van der Waals surface area contributed by atoms with Crippen LogP contribution in [0.4, 0.5) is 0 Å². The highest BCUT2D eigenvalue weighted by Crippen LogP contribution is 2.42.